The van der Waals surface area contributed by atoms with Gasteiger partial charge >= 0.3 is 0 Å². The van der Waals surface area contributed by atoms with Gasteiger partial charge in [-0.05, 0) is 12.1 Å². The van der Waals surface area contributed by atoms with Gasteiger partial charge in [0.25, 0.3) is 5.56 Å². The number of hydrazine groups is 1. The first-order valence-electron chi connectivity index (χ1n) is 2.79. The van der Waals surface area contributed by atoms with Crippen LogP contribution in [0.15, 0.2) is 23.1 Å². The van der Waals surface area contributed by atoms with E-state index in [0.29, 0.717) is 0 Å². The highest BCUT2D eigenvalue weighted by Crippen LogP contribution is 1.93. The first-order chi connectivity index (χ1) is 5.20. The van der Waals surface area contributed by atoms with E-state index in [4.69, 9.17) is 0 Å². The van der Waals surface area contributed by atoms with E-state index in [1.165, 1.54) is 18.3 Å². The molecule has 1 heterocycles. The summed E-state index contributed by atoms with van der Waals surface area (Å²) in [5.41, 5.74) is 1.17. The molecule has 1 rings (SSSR count). The average molecular weight is 155 g/mol. The second-order valence-corrected chi connectivity index (χ2v) is 1.78. The zero-order valence-electron chi connectivity index (χ0n) is 5.40. The molecule has 0 amide bonds. The maximum Gasteiger partial charge on any atom is 0.277 e. The minimum Gasteiger partial charge on any atom is -0.327 e. The summed E-state index contributed by atoms with van der Waals surface area (Å²) in [7, 11) is 0. The highest BCUT2D eigenvalue weighted by Gasteiger charge is 2.01. The molecule has 0 aromatic carbocycles. The number of rotatable bonds is 2. The lowest BCUT2D eigenvalue weighted by Crippen LogP contribution is -2.17. The maximum atomic E-state index is 10.7. The van der Waals surface area contributed by atoms with Crippen LogP contribution < -0.4 is 11.0 Å². The van der Waals surface area contributed by atoms with Gasteiger partial charge in [0.05, 0.1) is 0 Å². The van der Waals surface area contributed by atoms with E-state index in [9.17, 15) is 14.9 Å². The van der Waals surface area contributed by atoms with E-state index in [2.05, 4.69) is 4.98 Å². The third-order valence-electron chi connectivity index (χ3n) is 1.03. The van der Waals surface area contributed by atoms with Crippen molar-refractivity contribution in [1.29, 1.82) is 0 Å². The van der Waals surface area contributed by atoms with Crippen molar-refractivity contribution in [2.45, 2.75) is 0 Å². The van der Waals surface area contributed by atoms with E-state index in [0.717, 1.165) is 0 Å². The largest absolute Gasteiger partial charge is 0.327 e. The molecule has 1 aromatic rings. The van der Waals surface area contributed by atoms with Gasteiger partial charge in [-0.1, -0.05) is 0 Å². The first-order valence-corrected chi connectivity index (χ1v) is 2.79. The third kappa shape index (κ3) is 1.78. The van der Waals surface area contributed by atoms with Gasteiger partial charge in [-0.15, -0.1) is 5.43 Å². The molecule has 0 spiro atoms. The summed E-state index contributed by atoms with van der Waals surface area (Å²) in [6.07, 6.45) is 1.40. The van der Waals surface area contributed by atoms with Gasteiger partial charge in [-0.3, -0.25) is 4.79 Å². The van der Waals surface area contributed by atoms with Crippen LogP contribution in [0, 0.1) is 10.1 Å². The summed E-state index contributed by atoms with van der Waals surface area (Å²) in [5.74, 6) is 0. The average Bonchev–Trinajstić information content (AvgIpc) is 1.93. The van der Waals surface area contributed by atoms with Crippen LogP contribution in [0.4, 0.5) is 5.69 Å². The monoisotopic (exact) mass is 155 g/mol. The second kappa shape index (κ2) is 2.82. The van der Waals surface area contributed by atoms with Crippen LogP contribution in [0.1, 0.15) is 0 Å². The van der Waals surface area contributed by atoms with E-state index < -0.39 is 10.6 Å². The zero-order valence-corrected chi connectivity index (χ0v) is 5.40. The molecule has 6 nitrogen and oxygen atoms in total. The van der Waals surface area contributed by atoms with Crippen LogP contribution in [0.25, 0.3) is 0 Å². The first kappa shape index (κ1) is 7.26. The number of pyridine rings is 1. The van der Waals surface area contributed by atoms with Crippen LogP contribution in [0.3, 0.4) is 0 Å². The predicted molar refractivity (Wildman–Crippen MR) is 37.7 cm³/mol. The van der Waals surface area contributed by atoms with Crippen molar-refractivity contribution in [1.82, 2.24) is 4.98 Å². The van der Waals surface area contributed by atoms with Crippen molar-refractivity contribution in [3.63, 3.8) is 0 Å². The highest BCUT2D eigenvalue weighted by molar-refractivity contribution is 5.36. The van der Waals surface area contributed by atoms with Crippen LogP contribution in [0.5, 0.6) is 0 Å². The molecule has 0 aliphatic rings. The van der Waals surface area contributed by atoms with Gasteiger partial charge in [-0.25, -0.2) is 10.1 Å². The Hall–Kier alpha value is -1.85. The molecule has 6 heteroatoms. The zero-order chi connectivity index (χ0) is 8.27. The van der Waals surface area contributed by atoms with E-state index in [1.807, 2.05) is 0 Å². The highest BCUT2D eigenvalue weighted by atomic mass is 16.7. The lowest BCUT2D eigenvalue weighted by Gasteiger charge is -1.92. The van der Waals surface area contributed by atoms with Gasteiger partial charge in [0.1, 0.15) is 0 Å². The Morgan fingerprint density at radius 2 is 2.36 bits per heavy atom. The number of H-pyrrole nitrogens is 1. The Bertz CT molecular complexity index is 319. The van der Waals surface area contributed by atoms with Crippen LogP contribution in [-0.2, 0) is 0 Å². The molecule has 0 aliphatic carbocycles. The standard InChI is InChI=1S/C5H5N3O3/c9-5-4(7-8(10)11)2-1-3-6-5/h1-3,7H,(H,6,9). The molecule has 11 heavy (non-hydrogen) atoms. The SMILES string of the molecule is O=c1[nH]cccc1N[N+](=O)[O-]. The number of hydrogen-bond acceptors (Lipinski definition) is 3. The Labute approximate surface area is 61.0 Å². The summed E-state index contributed by atoms with van der Waals surface area (Å²) < 4.78 is 0. The normalized spacial score (nSPS) is 9.09. The fourth-order valence-corrected chi connectivity index (χ4v) is 0.608. The van der Waals surface area contributed by atoms with E-state index >= 15 is 0 Å². The van der Waals surface area contributed by atoms with Gasteiger partial charge in [0, 0.05) is 6.20 Å². The fourth-order valence-electron chi connectivity index (χ4n) is 0.608. The molecule has 0 saturated heterocycles. The number of nitrogens with zero attached hydrogens (tertiary/aromatic N) is 1. The molecule has 0 fully saturated rings. The summed E-state index contributed by atoms with van der Waals surface area (Å²) in [4.78, 5) is 22.9. The van der Waals surface area contributed by atoms with Crippen molar-refractivity contribution in [2.75, 3.05) is 5.43 Å². The van der Waals surface area contributed by atoms with E-state index in [-0.39, 0.29) is 5.69 Å². The van der Waals surface area contributed by atoms with Crippen LogP contribution >= 0.6 is 0 Å². The number of aromatic nitrogens is 1. The molecular formula is C5H5N3O3. The molecule has 58 valence electrons. The van der Waals surface area contributed by atoms with Crippen molar-refractivity contribution in [3.8, 4) is 0 Å². The van der Waals surface area contributed by atoms with Crippen molar-refractivity contribution in [3.05, 3.63) is 38.8 Å². The Morgan fingerprint density at radius 1 is 1.64 bits per heavy atom. The minimum atomic E-state index is -0.787. The van der Waals surface area contributed by atoms with Crippen LogP contribution in [0.2, 0.25) is 0 Å². The summed E-state index contributed by atoms with van der Waals surface area (Å²) in [6.45, 7) is 0. The summed E-state index contributed by atoms with van der Waals surface area (Å²) in [6, 6.07) is 2.81. The molecule has 0 atom stereocenters. The van der Waals surface area contributed by atoms with Gasteiger partial charge in [0.2, 0.25) is 0 Å². The molecule has 1 aromatic heterocycles. The van der Waals surface area contributed by atoms with Crippen molar-refractivity contribution in [2.24, 2.45) is 0 Å². The maximum absolute atomic E-state index is 10.7. The van der Waals surface area contributed by atoms with Gasteiger partial charge < -0.3 is 4.98 Å². The summed E-state index contributed by atoms with van der Waals surface area (Å²) in [5, 5.41) is 9.08. The number of hydrogen-bond donors (Lipinski definition) is 2. The van der Waals surface area contributed by atoms with Crippen LogP contribution in [-0.4, -0.2) is 10.0 Å². The molecule has 0 saturated carbocycles. The number of nitro groups is 1. The lowest BCUT2D eigenvalue weighted by molar-refractivity contribution is -0.445. The number of nitrogens with one attached hydrogen (secondary N) is 2. The quantitative estimate of drug-likeness (QED) is 0.464. The smallest absolute Gasteiger partial charge is 0.277 e. The van der Waals surface area contributed by atoms with Gasteiger partial charge in [0.15, 0.2) is 10.7 Å². The third-order valence-corrected chi connectivity index (χ3v) is 1.03. The Balaban J connectivity index is 2.95. The Kier molecular flexibility index (Phi) is 1.86. The molecule has 0 unspecified atom stereocenters. The number of aromatic amines is 1. The predicted octanol–water partition coefficient (Wildman–Crippen LogP) is -0.0215. The molecule has 0 bridgehead atoms. The molecular weight excluding hydrogens is 150 g/mol. The summed E-state index contributed by atoms with van der Waals surface area (Å²) >= 11 is 0. The van der Waals surface area contributed by atoms with Crippen molar-refractivity contribution >= 4 is 5.69 Å². The fraction of sp³-hybridized carbons (Fsp3) is 0. The number of anilines is 1. The van der Waals surface area contributed by atoms with E-state index in [1.54, 1.807) is 5.43 Å². The Morgan fingerprint density at radius 3 is 2.91 bits per heavy atom. The molecule has 0 aliphatic heterocycles. The molecule has 2 N–H and O–H groups in total. The van der Waals surface area contributed by atoms with Crippen molar-refractivity contribution < 1.29 is 5.03 Å². The van der Waals surface area contributed by atoms with Gasteiger partial charge in [-0.2, -0.15) is 0 Å². The second-order valence-electron chi connectivity index (χ2n) is 1.78. The minimum absolute atomic E-state index is 0.0718. The lowest BCUT2D eigenvalue weighted by atomic mass is 10.4. The topological polar surface area (TPSA) is 88.0 Å². The molecule has 0 radical (unpaired) electrons.